The summed E-state index contributed by atoms with van der Waals surface area (Å²) < 4.78 is 24.3. The SMILES string of the molecule is CC.CC(C)C(N)C(=O)OC1C(O)(C(C)C)CC2OC23[C@@H]2CCC4=C(COC4=O)C2CC2OC213. The molecule has 3 aliphatic heterocycles. The number of rotatable bonds is 4. The summed E-state index contributed by atoms with van der Waals surface area (Å²) in [5.41, 5.74) is 5.32. The molecule has 8 heteroatoms. The van der Waals surface area contributed by atoms with E-state index in [0.29, 0.717) is 19.4 Å². The molecule has 3 aliphatic carbocycles. The van der Waals surface area contributed by atoms with E-state index in [1.165, 1.54) is 0 Å². The van der Waals surface area contributed by atoms with Crippen molar-refractivity contribution in [1.82, 2.24) is 0 Å². The third-order valence-electron chi connectivity index (χ3n) is 9.36. The van der Waals surface area contributed by atoms with Gasteiger partial charge in [0.15, 0.2) is 11.7 Å². The van der Waals surface area contributed by atoms with Crippen LogP contribution in [0.25, 0.3) is 0 Å². The number of carbonyl (C=O) groups excluding carboxylic acids is 2. The summed E-state index contributed by atoms with van der Waals surface area (Å²) in [5.74, 6) is -0.620. The molecule has 2 spiro atoms. The van der Waals surface area contributed by atoms with Crippen molar-refractivity contribution in [2.24, 2.45) is 29.4 Å². The third-order valence-corrected chi connectivity index (χ3v) is 9.36. The Hall–Kier alpha value is -1.48. The van der Waals surface area contributed by atoms with Crippen LogP contribution in [-0.4, -0.2) is 64.8 Å². The highest BCUT2D eigenvalue weighted by molar-refractivity contribution is 5.92. The van der Waals surface area contributed by atoms with Gasteiger partial charge in [0.05, 0.1) is 12.2 Å². The van der Waals surface area contributed by atoms with Gasteiger partial charge in [-0.1, -0.05) is 41.5 Å². The van der Waals surface area contributed by atoms with E-state index in [2.05, 4.69) is 0 Å². The second kappa shape index (κ2) is 7.76. The summed E-state index contributed by atoms with van der Waals surface area (Å²) in [5, 5.41) is 11.8. The molecule has 0 aromatic heterocycles. The Labute approximate surface area is 201 Å². The van der Waals surface area contributed by atoms with E-state index >= 15 is 0 Å². The number of hydrogen-bond donors (Lipinski definition) is 2. The van der Waals surface area contributed by atoms with Crippen LogP contribution in [0, 0.1) is 23.7 Å². The van der Waals surface area contributed by atoms with E-state index in [-0.39, 0.29) is 41.8 Å². The monoisotopic (exact) mass is 477 g/mol. The zero-order chi connectivity index (χ0) is 24.8. The number of cyclic esters (lactones) is 1. The number of ether oxygens (including phenoxy) is 4. The fourth-order valence-electron chi connectivity index (χ4n) is 7.36. The molecule has 3 N–H and O–H groups in total. The van der Waals surface area contributed by atoms with Gasteiger partial charge in [-0.15, -0.1) is 0 Å². The van der Waals surface area contributed by atoms with Gasteiger partial charge >= 0.3 is 11.9 Å². The van der Waals surface area contributed by atoms with Crippen molar-refractivity contribution < 1.29 is 33.6 Å². The molecule has 3 heterocycles. The Kier molecular flexibility index (Phi) is 5.53. The lowest BCUT2D eigenvalue weighted by Gasteiger charge is -2.51. The molecule has 0 amide bonds. The minimum Gasteiger partial charge on any atom is -0.458 e. The van der Waals surface area contributed by atoms with Gasteiger partial charge < -0.3 is 29.8 Å². The maximum absolute atomic E-state index is 13.0. The summed E-state index contributed by atoms with van der Waals surface area (Å²) in [6.07, 6.45) is 1.40. The molecule has 0 aromatic rings. The van der Waals surface area contributed by atoms with Crippen molar-refractivity contribution in [3.8, 4) is 0 Å². The van der Waals surface area contributed by atoms with Crippen molar-refractivity contribution in [2.45, 2.75) is 108 Å². The fraction of sp³-hybridized carbons (Fsp3) is 0.846. The first kappa shape index (κ1) is 24.2. The highest BCUT2D eigenvalue weighted by Crippen LogP contribution is 2.76. The molecule has 8 nitrogen and oxygen atoms in total. The van der Waals surface area contributed by atoms with Gasteiger partial charge in [-0.25, -0.2) is 4.79 Å². The van der Waals surface area contributed by atoms with Crippen LogP contribution in [0.1, 0.15) is 67.2 Å². The molecular formula is C26H39NO7. The molecule has 190 valence electrons. The van der Waals surface area contributed by atoms with Crippen molar-refractivity contribution in [3.63, 3.8) is 0 Å². The van der Waals surface area contributed by atoms with Crippen molar-refractivity contribution in [2.75, 3.05) is 6.61 Å². The van der Waals surface area contributed by atoms with Crippen LogP contribution in [0.2, 0.25) is 0 Å². The van der Waals surface area contributed by atoms with Gasteiger partial charge in [-0.2, -0.15) is 0 Å². The van der Waals surface area contributed by atoms with E-state index in [1.54, 1.807) is 0 Å². The van der Waals surface area contributed by atoms with E-state index < -0.39 is 34.9 Å². The first-order valence-electron chi connectivity index (χ1n) is 13.0. The first-order chi connectivity index (χ1) is 16.1. The lowest BCUT2D eigenvalue weighted by atomic mass is 9.52. The molecule has 6 rings (SSSR count). The van der Waals surface area contributed by atoms with Crippen LogP contribution in [0.4, 0.5) is 0 Å². The zero-order valence-electron chi connectivity index (χ0n) is 21.1. The smallest absolute Gasteiger partial charge is 0.334 e. The van der Waals surface area contributed by atoms with Gasteiger partial charge in [0.1, 0.15) is 23.9 Å². The molecule has 6 aliphatic rings. The number of nitrogens with two attached hydrogens (primary N) is 1. The predicted octanol–water partition coefficient (Wildman–Crippen LogP) is 2.26. The molecule has 2 saturated heterocycles. The van der Waals surface area contributed by atoms with E-state index in [4.69, 9.17) is 24.7 Å². The van der Waals surface area contributed by atoms with Gasteiger partial charge in [-0.05, 0) is 42.6 Å². The van der Waals surface area contributed by atoms with Gasteiger partial charge in [0.25, 0.3) is 0 Å². The normalized spacial score (nSPS) is 46.2. The van der Waals surface area contributed by atoms with E-state index in [1.807, 2.05) is 41.5 Å². The van der Waals surface area contributed by atoms with Crippen LogP contribution in [0.3, 0.4) is 0 Å². The molecule has 0 bridgehead atoms. The predicted molar refractivity (Wildman–Crippen MR) is 122 cm³/mol. The van der Waals surface area contributed by atoms with Crippen molar-refractivity contribution in [1.29, 1.82) is 0 Å². The Morgan fingerprint density at radius 3 is 2.47 bits per heavy atom. The minimum absolute atomic E-state index is 0.0788. The van der Waals surface area contributed by atoms with Gasteiger partial charge in [0.2, 0.25) is 0 Å². The molecule has 4 fully saturated rings. The standard InChI is InChI=1S/C24H33NO7.C2H6/c1-10(2)18(25)20(27)30-21-22(28,11(3)4)8-17-23(32-17)15-6-5-12-14(9-29-19(12)26)13(15)7-16-24(21,23)31-16;1-2/h10-11,13,15-18,21,28H,5-9,25H2,1-4H3;1-2H3/t13?,15-,16?,17?,18?,21?,22?,23?,24?;/m1./s1. The van der Waals surface area contributed by atoms with E-state index in [9.17, 15) is 14.7 Å². The number of carbonyl (C=O) groups is 2. The van der Waals surface area contributed by atoms with Crippen LogP contribution >= 0.6 is 0 Å². The lowest BCUT2D eigenvalue weighted by molar-refractivity contribution is -0.202. The average molecular weight is 478 g/mol. The molecule has 8 unspecified atom stereocenters. The summed E-state index contributed by atoms with van der Waals surface area (Å²) in [7, 11) is 0. The van der Waals surface area contributed by atoms with Crippen molar-refractivity contribution >= 4 is 11.9 Å². The van der Waals surface area contributed by atoms with Crippen molar-refractivity contribution in [3.05, 3.63) is 11.1 Å². The van der Waals surface area contributed by atoms with E-state index in [0.717, 1.165) is 24.0 Å². The second-order valence-corrected chi connectivity index (χ2v) is 11.3. The van der Waals surface area contributed by atoms with Crippen LogP contribution < -0.4 is 5.73 Å². The Morgan fingerprint density at radius 1 is 1.15 bits per heavy atom. The molecule has 2 saturated carbocycles. The molecule has 0 aromatic carbocycles. The molecule has 0 radical (unpaired) electrons. The Morgan fingerprint density at radius 2 is 1.82 bits per heavy atom. The second-order valence-electron chi connectivity index (χ2n) is 11.3. The summed E-state index contributed by atoms with van der Waals surface area (Å²) >= 11 is 0. The minimum atomic E-state index is -1.26. The zero-order valence-corrected chi connectivity index (χ0v) is 21.1. The van der Waals surface area contributed by atoms with Gasteiger partial charge in [-0.3, -0.25) is 4.79 Å². The van der Waals surface area contributed by atoms with Gasteiger partial charge in [0, 0.05) is 17.9 Å². The Bertz CT molecular complexity index is 930. The highest BCUT2D eigenvalue weighted by atomic mass is 16.7. The number of epoxide rings is 2. The summed E-state index contributed by atoms with van der Waals surface area (Å²) in [6.45, 7) is 12.0. The lowest BCUT2D eigenvalue weighted by Crippen LogP contribution is -2.70. The number of hydrogen-bond acceptors (Lipinski definition) is 8. The fourth-order valence-corrected chi connectivity index (χ4v) is 7.36. The van der Waals surface area contributed by atoms with Crippen LogP contribution in [0.15, 0.2) is 11.1 Å². The summed E-state index contributed by atoms with van der Waals surface area (Å²) in [4.78, 5) is 25.1. The molecule has 9 atom stereocenters. The van der Waals surface area contributed by atoms with Crippen LogP contribution in [-0.2, 0) is 28.5 Å². The molecule has 34 heavy (non-hydrogen) atoms. The number of esters is 2. The highest BCUT2D eigenvalue weighted by Gasteiger charge is 2.93. The topological polar surface area (TPSA) is 124 Å². The first-order valence-corrected chi connectivity index (χ1v) is 13.0. The third kappa shape index (κ3) is 2.85. The Balaban J connectivity index is 0.00000117. The van der Waals surface area contributed by atoms with Crippen LogP contribution in [0.5, 0.6) is 0 Å². The largest absolute Gasteiger partial charge is 0.458 e. The number of aliphatic hydroxyl groups is 1. The average Bonchev–Trinajstić information content (AvgIpc) is 3.68. The maximum Gasteiger partial charge on any atom is 0.334 e. The summed E-state index contributed by atoms with van der Waals surface area (Å²) in [6, 6.07) is -0.769. The quantitative estimate of drug-likeness (QED) is 0.467. The maximum atomic E-state index is 13.0. The molecular weight excluding hydrogens is 438 g/mol. The number of fused-ring (bicyclic) bond motifs is 2.